The molecule has 0 bridgehead atoms. The molecule has 2 aliphatic rings. The van der Waals surface area contributed by atoms with Crippen molar-refractivity contribution in [2.24, 2.45) is 11.8 Å². The van der Waals surface area contributed by atoms with Crippen LogP contribution in [0.1, 0.15) is 62.8 Å². The minimum Gasteiger partial charge on any atom is -0.352 e. The summed E-state index contributed by atoms with van der Waals surface area (Å²) >= 11 is 0. The second-order valence-electron chi connectivity index (χ2n) is 9.77. The lowest BCUT2D eigenvalue weighted by Gasteiger charge is -2.34. The fraction of sp³-hybridized carbons (Fsp3) is 0.560. The molecule has 0 aromatic carbocycles. The lowest BCUT2D eigenvalue weighted by molar-refractivity contribution is -0.132. The Morgan fingerprint density at radius 3 is 2.80 bits per heavy atom. The van der Waals surface area contributed by atoms with Gasteiger partial charge in [0.1, 0.15) is 11.8 Å². The van der Waals surface area contributed by atoms with E-state index in [4.69, 9.17) is 0 Å². The van der Waals surface area contributed by atoms with Crippen molar-refractivity contribution in [1.82, 2.24) is 30.7 Å². The Kier molecular flexibility index (Phi) is 7.37. The minimum absolute atomic E-state index is 0.0446. The van der Waals surface area contributed by atoms with Crippen molar-refractivity contribution < 1.29 is 19.2 Å². The molecule has 10 heteroatoms. The molecule has 4 N–H and O–H groups in total. The standard InChI is InChI=1S/C25H34N6O4/c1-4-14(2)22(29-15(3)32)25(35)30-19-6-5-17-7-8-31-13-18(9-20(33)21(19)23(17)31)24(34)26-10-16-11-27-28-12-16/h7-8,11-12,14,18-19,21-22H,4-6,9-10,13H2,1-3H3,(H,26,34)(H,27,28)(H,29,32)(H,30,35)/t14-,18-,19-,21?,22-/m0/s1. The van der Waals surface area contributed by atoms with Gasteiger partial charge in [-0.3, -0.25) is 24.3 Å². The van der Waals surface area contributed by atoms with Crippen LogP contribution in [0.4, 0.5) is 0 Å². The van der Waals surface area contributed by atoms with Crippen molar-refractivity contribution in [3.63, 3.8) is 0 Å². The maximum absolute atomic E-state index is 13.5. The van der Waals surface area contributed by atoms with Crippen LogP contribution in [0.3, 0.4) is 0 Å². The van der Waals surface area contributed by atoms with E-state index >= 15 is 0 Å². The first kappa shape index (κ1) is 24.7. The van der Waals surface area contributed by atoms with Crippen LogP contribution in [0.25, 0.3) is 0 Å². The summed E-state index contributed by atoms with van der Waals surface area (Å²) in [5.74, 6) is -1.82. The van der Waals surface area contributed by atoms with Crippen LogP contribution in [0.2, 0.25) is 0 Å². The van der Waals surface area contributed by atoms with Gasteiger partial charge in [0.25, 0.3) is 0 Å². The highest BCUT2D eigenvalue weighted by atomic mass is 16.2. The molecule has 3 amide bonds. The van der Waals surface area contributed by atoms with Gasteiger partial charge in [-0.15, -0.1) is 0 Å². The van der Waals surface area contributed by atoms with Crippen molar-refractivity contribution in [2.75, 3.05) is 0 Å². The van der Waals surface area contributed by atoms with Gasteiger partial charge in [-0.25, -0.2) is 0 Å². The van der Waals surface area contributed by atoms with Crippen LogP contribution in [-0.2, 0) is 38.7 Å². The van der Waals surface area contributed by atoms with Gasteiger partial charge in [-0.05, 0) is 30.4 Å². The number of nitrogens with one attached hydrogen (secondary N) is 4. The molecule has 1 unspecified atom stereocenters. The molecule has 2 aromatic rings. The third-order valence-corrected chi connectivity index (χ3v) is 7.30. The van der Waals surface area contributed by atoms with Crippen LogP contribution in [0.15, 0.2) is 24.7 Å². The maximum atomic E-state index is 13.5. The number of aromatic amines is 1. The molecule has 0 spiro atoms. The van der Waals surface area contributed by atoms with Crippen molar-refractivity contribution in [3.8, 4) is 0 Å². The summed E-state index contributed by atoms with van der Waals surface area (Å²) in [7, 11) is 0. The molecule has 10 nitrogen and oxygen atoms in total. The van der Waals surface area contributed by atoms with E-state index < -0.39 is 17.9 Å². The Bertz CT molecular complexity index is 1090. The summed E-state index contributed by atoms with van der Waals surface area (Å²) in [6, 6.07) is 0.968. The number of Topliss-reactive ketones (excluding diaryl/α,β-unsaturated/α-hetero) is 1. The molecule has 2 aromatic heterocycles. The molecule has 0 saturated heterocycles. The van der Waals surface area contributed by atoms with Gasteiger partial charge in [0.05, 0.1) is 18.0 Å². The minimum atomic E-state index is -0.659. The zero-order valence-corrected chi connectivity index (χ0v) is 20.5. The SMILES string of the molecule is CC[C@H](C)[C@H](NC(C)=O)C(=O)N[C@H]1CCc2ccn3c2C1C(=O)C[C@H](C(=O)NCc1cn[nH]c1)C3. The average molecular weight is 483 g/mol. The number of nitrogens with zero attached hydrogens (tertiary/aromatic N) is 2. The van der Waals surface area contributed by atoms with E-state index in [-0.39, 0.29) is 41.9 Å². The fourth-order valence-corrected chi connectivity index (χ4v) is 5.23. The summed E-state index contributed by atoms with van der Waals surface area (Å²) in [6.45, 7) is 6.05. The quantitative estimate of drug-likeness (QED) is 0.448. The highest BCUT2D eigenvalue weighted by Gasteiger charge is 2.42. The second kappa shape index (κ2) is 10.5. The van der Waals surface area contributed by atoms with Crippen molar-refractivity contribution >= 4 is 23.5 Å². The predicted molar refractivity (Wildman–Crippen MR) is 128 cm³/mol. The highest BCUT2D eigenvalue weighted by Crippen LogP contribution is 2.38. The Morgan fingerprint density at radius 1 is 1.31 bits per heavy atom. The summed E-state index contributed by atoms with van der Waals surface area (Å²) < 4.78 is 2.01. The Labute approximate surface area is 204 Å². The van der Waals surface area contributed by atoms with Crippen molar-refractivity contribution in [2.45, 2.75) is 77.5 Å². The summed E-state index contributed by atoms with van der Waals surface area (Å²) in [4.78, 5) is 51.4. The average Bonchev–Trinajstić information content (AvgIpc) is 3.46. The molecular weight excluding hydrogens is 448 g/mol. The first-order valence-corrected chi connectivity index (χ1v) is 12.3. The number of hydrogen-bond donors (Lipinski definition) is 4. The Hall–Kier alpha value is -3.43. The van der Waals surface area contributed by atoms with Crippen LogP contribution in [-0.4, -0.2) is 50.4 Å². The molecule has 188 valence electrons. The van der Waals surface area contributed by atoms with Crippen LogP contribution in [0.5, 0.6) is 0 Å². The Morgan fingerprint density at radius 2 is 2.11 bits per heavy atom. The first-order chi connectivity index (χ1) is 16.8. The third kappa shape index (κ3) is 5.31. The fourth-order valence-electron chi connectivity index (χ4n) is 5.23. The second-order valence-corrected chi connectivity index (χ2v) is 9.77. The molecular formula is C25H34N6O4. The number of amides is 3. The summed E-state index contributed by atoms with van der Waals surface area (Å²) in [6.07, 6.45) is 7.51. The molecule has 1 aliphatic carbocycles. The summed E-state index contributed by atoms with van der Waals surface area (Å²) in [5, 5.41) is 15.4. The molecule has 0 radical (unpaired) electrons. The zero-order valence-electron chi connectivity index (χ0n) is 20.5. The first-order valence-electron chi connectivity index (χ1n) is 12.3. The predicted octanol–water partition coefficient (Wildman–Crippen LogP) is 1.18. The number of hydrogen-bond acceptors (Lipinski definition) is 5. The summed E-state index contributed by atoms with van der Waals surface area (Å²) in [5.41, 5.74) is 2.85. The normalized spacial score (nSPS) is 22.9. The van der Waals surface area contributed by atoms with Gasteiger partial charge >= 0.3 is 0 Å². The molecule has 3 heterocycles. The third-order valence-electron chi connectivity index (χ3n) is 7.30. The molecule has 5 atom stereocenters. The van der Waals surface area contributed by atoms with E-state index in [2.05, 4.69) is 26.1 Å². The van der Waals surface area contributed by atoms with Gasteiger partial charge in [-0.2, -0.15) is 5.10 Å². The Balaban J connectivity index is 1.52. The van der Waals surface area contributed by atoms with Gasteiger partial charge < -0.3 is 20.5 Å². The van der Waals surface area contributed by atoms with E-state index in [0.717, 1.165) is 29.7 Å². The van der Waals surface area contributed by atoms with E-state index in [9.17, 15) is 19.2 Å². The van der Waals surface area contributed by atoms with Gasteiger partial charge in [0.15, 0.2) is 0 Å². The highest BCUT2D eigenvalue weighted by molar-refractivity contribution is 5.93. The zero-order chi connectivity index (χ0) is 25.1. The monoisotopic (exact) mass is 482 g/mol. The van der Waals surface area contributed by atoms with Crippen molar-refractivity contribution in [3.05, 3.63) is 41.5 Å². The number of aromatic nitrogens is 3. The van der Waals surface area contributed by atoms with E-state index in [0.29, 0.717) is 19.5 Å². The number of carbonyl (C=O) groups is 4. The molecule has 4 rings (SSSR count). The number of H-pyrrole nitrogens is 1. The lowest BCUT2D eigenvalue weighted by Crippen LogP contribution is -2.54. The van der Waals surface area contributed by atoms with Gasteiger partial charge in [-0.1, -0.05) is 20.3 Å². The molecule has 0 saturated carbocycles. The topological polar surface area (TPSA) is 138 Å². The number of rotatable bonds is 8. The molecule has 0 fully saturated rings. The van der Waals surface area contributed by atoms with Crippen LogP contribution in [0, 0.1) is 11.8 Å². The number of ketones is 1. The molecule has 1 aliphatic heterocycles. The van der Waals surface area contributed by atoms with Crippen LogP contribution < -0.4 is 16.0 Å². The molecule has 35 heavy (non-hydrogen) atoms. The maximum Gasteiger partial charge on any atom is 0.243 e. The smallest absolute Gasteiger partial charge is 0.243 e. The van der Waals surface area contributed by atoms with E-state index in [1.807, 2.05) is 30.7 Å². The van der Waals surface area contributed by atoms with E-state index in [1.54, 1.807) is 12.4 Å². The lowest BCUT2D eigenvalue weighted by atomic mass is 9.79. The number of carbonyl (C=O) groups excluding carboxylic acids is 4. The van der Waals surface area contributed by atoms with Gasteiger partial charge in [0, 0.05) is 56.1 Å². The van der Waals surface area contributed by atoms with Crippen LogP contribution >= 0.6 is 0 Å². The van der Waals surface area contributed by atoms with Gasteiger partial charge in [0.2, 0.25) is 17.7 Å². The van der Waals surface area contributed by atoms with E-state index in [1.165, 1.54) is 6.92 Å². The van der Waals surface area contributed by atoms with Crippen molar-refractivity contribution in [1.29, 1.82) is 0 Å². The largest absolute Gasteiger partial charge is 0.352 e. The number of aryl methyl sites for hydroxylation is 1.